The normalized spacial score (nSPS) is 15.1. The number of hydrogen-bond acceptors (Lipinski definition) is 1. The first-order valence-corrected chi connectivity index (χ1v) is 6.19. The van der Waals surface area contributed by atoms with Gasteiger partial charge in [-0.1, -0.05) is 45.1 Å². The molecule has 0 aromatic rings. The summed E-state index contributed by atoms with van der Waals surface area (Å²) < 4.78 is 0. The summed E-state index contributed by atoms with van der Waals surface area (Å²) >= 11 is 1.90. The molecule has 0 aliphatic rings. The van der Waals surface area contributed by atoms with Crippen LogP contribution in [0.5, 0.6) is 0 Å². The highest BCUT2D eigenvalue weighted by molar-refractivity contribution is 7.99. The summed E-state index contributed by atoms with van der Waals surface area (Å²) in [4.78, 5) is 0. The van der Waals surface area contributed by atoms with Gasteiger partial charge in [-0.15, -0.1) is 0 Å². The van der Waals surface area contributed by atoms with Crippen molar-refractivity contribution in [2.24, 2.45) is 5.92 Å². The topological polar surface area (TPSA) is 0 Å². The molecule has 0 saturated heterocycles. The van der Waals surface area contributed by atoms with Gasteiger partial charge in [0.2, 0.25) is 0 Å². The van der Waals surface area contributed by atoms with E-state index in [9.17, 15) is 0 Å². The Kier molecular flexibility index (Phi) is 6.23. The van der Waals surface area contributed by atoms with Crippen LogP contribution in [0.2, 0.25) is 0 Å². The Morgan fingerprint density at radius 2 is 1.77 bits per heavy atom. The largest absolute Gasteiger partial charge is 0.162 e. The first kappa shape index (κ1) is 12.8. The Bertz CT molecular complexity index is 182. The highest BCUT2D eigenvalue weighted by Crippen LogP contribution is 2.25. The Hall–Kier alpha value is -0.170. The molecule has 0 saturated carbocycles. The van der Waals surface area contributed by atoms with E-state index in [0.29, 0.717) is 11.2 Å². The van der Waals surface area contributed by atoms with Crippen LogP contribution in [0.15, 0.2) is 24.3 Å². The maximum absolute atomic E-state index is 4.14. The van der Waals surface area contributed by atoms with Crippen molar-refractivity contribution in [1.82, 2.24) is 0 Å². The third kappa shape index (κ3) is 4.56. The van der Waals surface area contributed by atoms with Gasteiger partial charge in [-0.05, 0) is 25.0 Å². The maximum Gasteiger partial charge on any atom is 0.00532 e. The Morgan fingerprint density at radius 1 is 1.23 bits per heavy atom. The Balaban J connectivity index is 4.03. The molecule has 2 atom stereocenters. The molecule has 0 heterocycles. The fraction of sp³-hybridized carbons (Fsp3) is 0.667. The molecular formula is C12H22S. The molecule has 0 amide bonds. The summed E-state index contributed by atoms with van der Waals surface area (Å²) in [5.41, 5.74) is 2.63. The van der Waals surface area contributed by atoms with E-state index >= 15 is 0 Å². The van der Waals surface area contributed by atoms with E-state index in [-0.39, 0.29) is 0 Å². The molecule has 2 unspecified atom stereocenters. The van der Waals surface area contributed by atoms with E-state index in [1.165, 1.54) is 11.1 Å². The van der Waals surface area contributed by atoms with Gasteiger partial charge in [0, 0.05) is 5.25 Å². The zero-order valence-electron chi connectivity index (χ0n) is 9.39. The van der Waals surface area contributed by atoms with E-state index in [2.05, 4.69) is 40.2 Å². The Labute approximate surface area is 87.5 Å². The molecule has 0 aliphatic carbocycles. The average molecular weight is 198 g/mol. The maximum atomic E-state index is 4.14. The monoisotopic (exact) mass is 198 g/mol. The SMILES string of the molecule is C=C(CC)C(C)C(=C)CC(C)SC. The molecule has 0 aromatic heterocycles. The predicted molar refractivity (Wildman–Crippen MR) is 65.3 cm³/mol. The average Bonchev–Trinajstić information content (AvgIpc) is 2.14. The Morgan fingerprint density at radius 3 is 2.15 bits per heavy atom. The molecule has 0 radical (unpaired) electrons. The third-order valence-corrected chi connectivity index (χ3v) is 3.60. The van der Waals surface area contributed by atoms with Crippen molar-refractivity contribution in [3.05, 3.63) is 24.3 Å². The van der Waals surface area contributed by atoms with Gasteiger partial charge in [-0.3, -0.25) is 0 Å². The van der Waals surface area contributed by atoms with Crippen LogP contribution >= 0.6 is 11.8 Å². The molecule has 13 heavy (non-hydrogen) atoms. The molecular weight excluding hydrogens is 176 g/mol. The minimum absolute atomic E-state index is 0.486. The van der Waals surface area contributed by atoms with Gasteiger partial charge < -0.3 is 0 Å². The van der Waals surface area contributed by atoms with Crippen molar-refractivity contribution in [1.29, 1.82) is 0 Å². The van der Waals surface area contributed by atoms with E-state index in [1.54, 1.807) is 0 Å². The van der Waals surface area contributed by atoms with E-state index < -0.39 is 0 Å². The fourth-order valence-electron chi connectivity index (χ4n) is 1.22. The van der Waals surface area contributed by atoms with E-state index in [1.807, 2.05) is 11.8 Å². The molecule has 76 valence electrons. The molecule has 0 aliphatic heterocycles. The second kappa shape index (κ2) is 6.31. The van der Waals surface area contributed by atoms with Gasteiger partial charge in [0.1, 0.15) is 0 Å². The summed E-state index contributed by atoms with van der Waals surface area (Å²) in [6.45, 7) is 14.8. The third-order valence-electron chi connectivity index (χ3n) is 2.63. The van der Waals surface area contributed by atoms with Crippen LogP contribution < -0.4 is 0 Å². The van der Waals surface area contributed by atoms with Crippen molar-refractivity contribution in [2.75, 3.05) is 6.26 Å². The van der Waals surface area contributed by atoms with Crippen LogP contribution in [-0.4, -0.2) is 11.5 Å². The van der Waals surface area contributed by atoms with Gasteiger partial charge in [-0.25, -0.2) is 0 Å². The standard InChI is InChI=1S/C12H22S/c1-7-9(2)12(5)10(3)8-11(4)13-6/h11-12H,2-3,7-8H2,1,4-6H3. The highest BCUT2D eigenvalue weighted by atomic mass is 32.2. The molecule has 0 aromatic carbocycles. The van der Waals surface area contributed by atoms with Crippen LogP contribution in [0, 0.1) is 5.92 Å². The fourth-order valence-corrected chi connectivity index (χ4v) is 1.60. The summed E-state index contributed by atoms with van der Waals surface area (Å²) in [6, 6.07) is 0. The second-order valence-corrected chi connectivity index (χ2v) is 4.92. The van der Waals surface area contributed by atoms with E-state index in [0.717, 1.165) is 12.8 Å². The molecule has 1 heteroatoms. The van der Waals surface area contributed by atoms with Gasteiger partial charge in [-0.2, -0.15) is 11.8 Å². The number of thioether (sulfide) groups is 1. The number of rotatable bonds is 6. The van der Waals surface area contributed by atoms with Crippen molar-refractivity contribution in [3.8, 4) is 0 Å². The molecule has 0 rings (SSSR count). The van der Waals surface area contributed by atoms with Gasteiger partial charge in [0.15, 0.2) is 0 Å². The lowest BCUT2D eigenvalue weighted by Gasteiger charge is -2.18. The van der Waals surface area contributed by atoms with Gasteiger partial charge >= 0.3 is 0 Å². The lowest BCUT2D eigenvalue weighted by molar-refractivity contribution is 0.714. The van der Waals surface area contributed by atoms with Crippen LogP contribution in [0.25, 0.3) is 0 Å². The van der Waals surface area contributed by atoms with Crippen LogP contribution in [-0.2, 0) is 0 Å². The lowest BCUT2D eigenvalue weighted by Crippen LogP contribution is -2.06. The van der Waals surface area contributed by atoms with Gasteiger partial charge in [0.05, 0.1) is 0 Å². The first-order valence-electron chi connectivity index (χ1n) is 4.91. The zero-order chi connectivity index (χ0) is 10.4. The molecule has 0 nitrogen and oxygen atoms in total. The van der Waals surface area contributed by atoms with Crippen LogP contribution in [0.3, 0.4) is 0 Å². The summed E-state index contributed by atoms with van der Waals surface area (Å²) in [5.74, 6) is 0.486. The minimum Gasteiger partial charge on any atom is -0.162 e. The predicted octanol–water partition coefficient (Wildman–Crippen LogP) is 4.29. The zero-order valence-corrected chi connectivity index (χ0v) is 10.2. The van der Waals surface area contributed by atoms with Crippen molar-refractivity contribution >= 4 is 11.8 Å². The van der Waals surface area contributed by atoms with Gasteiger partial charge in [0.25, 0.3) is 0 Å². The van der Waals surface area contributed by atoms with Crippen molar-refractivity contribution in [3.63, 3.8) is 0 Å². The smallest absolute Gasteiger partial charge is 0.00532 e. The lowest BCUT2D eigenvalue weighted by atomic mass is 9.90. The highest BCUT2D eigenvalue weighted by Gasteiger charge is 2.11. The number of hydrogen-bond donors (Lipinski definition) is 0. The first-order chi connectivity index (χ1) is 6.02. The van der Waals surface area contributed by atoms with Crippen molar-refractivity contribution in [2.45, 2.75) is 38.9 Å². The second-order valence-electron chi connectivity index (χ2n) is 3.64. The minimum atomic E-state index is 0.486. The molecule has 0 fully saturated rings. The summed E-state index contributed by atoms with van der Waals surface area (Å²) in [6.07, 6.45) is 4.33. The summed E-state index contributed by atoms with van der Waals surface area (Å²) in [5, 5.41) is 0.680. The molecule has 0 N–H and O–H groups in total. The number of allylic oxidation sites excluding steroid dienone is 2. The molecule has 0 bridgehead atoms. The van der Waals surface area contributed by atoms with Crippen LogP contribution in [0.1, 0.15) is 33.6 Å². The summed E-state index contributed by atoms with van der Waals surface area (Å²) in [7, 11) is 0. The quantitative estimate of drug-likeness (QED) is 0.574. The van der Waals surface area contributed by atoms with Crippen LogP contribution in [0.4, 0.5) is 0 Å². The molecule has 0 spiro atoms. The van der Waals surface area contributed by atoms with Crippen molar-refractivity contribution < 1.29 is 0 Å². The van der Waals surface area contributed by atoms with E-state index in [4.69, 9.17) is 0 Å².